The van der Waals surface area contributed by atoms with Crippen LogP contribution in [0.5, 0.6) is 0 Å². The van der Waals surface area contributed by atoms with Crippen LogP contribution in [0.15, 0.2) is 22.7 Å². The van der Waals surface area contributed by atoms with Gasteiger partial charge in [-0.15, -0.1) is 0 Å². The topological polar surface area (TPSA) is 32.3 Å². The summed E-state index contributed by atoms with van der Waals surface area (Å²) in [6, 6.07) is 5.90. The zero-order chi connectivity index (χ0) is 14.8. The van der Waals surface area contributed by atoms with Crippen LogP contribution < -0.4 is 5.32 Å². The maximum Gasteiger partial charge on any atom is 0.253 e. The van der Waals surface area contributed by atoms with Crippen molar-refractivity contribution in [2.45, 2.75) is 31.7 Å². The lowest BCUT2D eigenvalue weighted by atomic mass is 10.1. The number of nitrogens with one attached hydrogen (secondary N) is 1. The molecule has 0 bridgehead atoms. The molecule has 0 radical (unpaired) electrons. The van der Waals surface area contributed by atoms with Gasteiger partial charge in [-0.1, -0.05) is 11.6 Å². The third kappa shape index (κ3) is 3.99. The fourth-order valence-electron chi connectivity index (χ4n) is 2.84. The van der Waals surface area contributed by atoms with Crippen molar-refractivity contribution in [1.29, 1.82) is 0 Å². The first kappa shape index (κ1) is 15.3. The summed E-state index contributed by atoms with van der Waals surface area (Å²) >= 11 is 9.49. The fourth-order valence-corrected chi connectivity index (χ4v) is 3.27. The highest BCUT2D eigenvalue weighted by atomic mass is 79.9. The Morgan fingerprint density at radius 1 is 1.33 bits per heavy atom. The first-order valence-corrected chi connectivity index (χ1v) is 8.78. The Balaban J connectivity index is 1.73. The molecule has 2 fully saturated rings. The van der Waals surface area contributed by atoms with Crippen molar-refractivity contribution >= 4 is 33.4 Å². The van der Waals surface area contributed by atoms with E-state index in [0.29, 0.717) is 22.5 Å². The van der Waals surface area contributed by atoms with Gasteiger partial charge < -0.3 is 10.2 Å². The zero-order valence-electron chi connectivity index (χ0n) is 11.9. The second-order valence-electron chi connectivity index (χ2n) is 6.08. The van der Waals surface area contributed by atoms with E-state index < -0.39 is 0 Å². The van der Waals surface area contributed by atoms with Gasteiger partial charge in [0.15, 0.2) is 0 Å². The smallest absolute Gasteiger partial charge is 0.253 e. The van der Waals surface area contributed by atoms with Crippen LogP contribution >= 0.6 is 27.5 Å². The summed E-state index contributed by atoms with van der Waals surface area (Å²) < 4.78 is 0.826. The van der Waals surface area contributed by atoms with Crippen molar-refractivity contribution in [3.05, 3.63) is 33.3 Å². The maximum atomic E-state index is 12.8. The number of carbonyl (C=O) groups excluding carboxylic acids is 1. The van der Waals surface area contributed by atoms with Gasteiger partial charge in [0.2, 0.25) is 0 Å². The lowest BCUT2D eigenvalue weighted by Crippen LogP contribution is -2.42. The summed E-state index contributed by atoms with van der Waals surface area (Å²) in [4.78, 5) is 14.8. The molecule has 2 aliphatic rings. The second-order valence-corrected chi connectivity index (χ2v) is 7.34. The van der Waals surface area contributed by atoms with Gasteiger partial charge in [-0.25, -0.2) is 0 Å². The molecule has 1 aromatic carbocycles. The summed E-state index contributed by atoms with van der Waals surface area (Å²) in [5.74, 6) is 0.797. The first-order valence-electron chi connectivity index (χ1n) is 7.61. The van der Waals surface area contributed by atoms with Gasteiger partial charge in [-0.3, -0.25) is 4.79 Å². The molecule has 1 atom stereocenters. The van der Waals surface area contributed by atoms with E-state index in [1.807, 2.05) is 17.0 Å². The summed E-state index contributed by atoms with van der Waals surface area (Å²) in [5, 5.41) is 4.07. The maximum absolute atomic E-state index is 12.8. The van der Waals surface area contributed by atoms with E-state index in [2.05, 4.69) is 21.2 Å². The summed E-state index contributed by atoms with van der Waals surface area (Å²) in [5.41, 5.74) is 0.682. The van der Waals surface area contributed by atoms with Crippen LogP contribution in [-0.2, 0) is 0 Å². The van der Waals surface area contributed by atoms with E-state index in [1.165, 1.54) is 19.3 Å². The molecule has 0 spiro atoms. The highest BCUT2D eigenvalue weighted by Crippen LogP contribution is 2.31. The Morgan fingerprint density at radius 2 is 2.14 bits per heavy atom. The molecule has 1 amide bonds. The molecule has 5 heteroatoms. The number of benzene rings is 1. The molecule has 1 heterocycles. The normalized spacial score (nSPS) is 21.5. The van der Waals surface area contributed by atoms with Gasteiger partial charge in [0.25, 0.3) is 5.91 Å². The van der Waals surface area contributed by atoms with E-state index in [-0.39, 0.29) is 5.91 Å². The molecule has 1 unspecified atom stereocenters. The van der Waals surface area contributed by atoms with Gasteiger partial charge >= 0.3 is 0 Å². The number of amides is 1. The lowest BCUT2D eigenvalue weighted by molar-refractivity contribution is 0.0733. The monoisotopic (exact) mass is 370 g/mol. The highest BCUT2D eigenvalue weighted by molar-refractivity contribution is 9.10. The third-order valence-corrected chi connectivity index (χ3v) is 5.46. The number of hydrogen-bond acceptors (Lipinski definition) is 2. The van der Waals surface area contributed by atoms with E-state index in [9.17, 15) is 4.79 Å². The van der Waals surface area contributed by atoms with Crippen molar-refractivity contribution < 1.29 is 4.79 Å². The van der Waals surface area contributed by atoms with Crippen molar-refractivity contribution in [3.8, 4) is 0 Å². The minimum absolute atomic E-state index is 0.102. The molecule has 21 heavy (non-hydrogen) atoms. The SMILES string of the molecule is O=C(c1ccc(Br)c(Cl)c1)N(CC1CC1)CC1CCCN1. The molecule has 1 saturated carbocycles. The van der Waals surface area contributed by atoms with Crippen molar-refractivity contribution in [1.82, 2.24) is 10.2 Å². The Morgan fingerprint density at radius 3 is 2.76 bits per heavy atom. The van der Waals surface area contributed by atoms with Gasteiger partial charge in [-0.2, -0.15) is 0 Å². The van der Waals surface area contributed by atoms with Crippen LogP contribution in [0.2, 0.25) is 5.02 Å². The second kappa shape index (κ2) is 6.67. The van der Waals surface area contributed by atoms with Gasteiger partial charge in [0, 0.05) is 29.2 Å². The molecule has 0 aromatic heterocycles. The van der Waals surface area contributed by atoms with Crippen molar-refractivity contribution in [2.75, 3.05) is 19.6 Å². The summed E-state index contributed by atoms with van der Waals surface area (Å²) in [6.07, 6.45) is 4.88. The molecule has 1 saturated heterocycles. The van der Waals surface area contributed by atoms with Crippen LogP contribution in [-0.4, -0.2) is 36.5 Å². The lowest BCUT2D eigenvalue weighted by Gasteiger charge is -2.26. The standard InChI is InChI=1S/C16H20BrClN2O/c17-14-6-5-12(8-15(14)18)16(21)20(9-11-3-4-11)10-13-2-1-7-19-13/h5-6,8,11,13,19H,1-4,7,9-10H2. The van der Waals surface area contributed by atoms with E-state index in [4.69, 9.17) is 11.6 Å². The number of carbonyl (C=O) groups is 1. The predicted octanol–water partition coefficient (Wildman–Crippen LogP) is 3.71. The molecule has 1 aliphatic heterocycles. The van der Waals surface area contributed by atoms with E-state index >= 15 is 0 Å². The minimum atomic E-state index is 0.102. The summed E-state index contributed by atoms with van der Waals surface area (Å²) in [7, 11) is 0. The number of hydrogen-bond donors (Lipinski definition) is 1. The first-order chi connectivity index (χ1) is 10.1. The van der Waals surface area contributed by atoms with Crippen LogP contribution in [0.3, 0.4) is 0 Å². The van der Waals surface area contributed by atoms with Crippen LogP contribution in [0, 0.1) is 5.92 Å². The Labute approximate surface area is 139 Å². The molecule has 1 aliphatic carbocycles. The Kier molecular flexibility index (Phi) is 4.87. The van der Waals surface area contributed by atoms with E-state index in [1.54, 1.807) is 6.07 Å². The summed E-state index contributed by atoms with van der Waals surface area (Å²) in [6.45, 7) is 2.76. The highest BCUT2D eigenvalue weighted by Gasteiger charge is 2.29. The largest absolute Gasteiger partial charge is 0.337 e. The Hall–Kier alpha value is -0.580. The Bertz CT molecular complexity index is 527. The zero-order valence-corrected chi connectivity index (χ0v) is 14.3. The average Bonchev–Trinajstić information content (AvgIpc) is 3.14. The molecular weight excluding hydrogens is 352 g/mol. The van der Waals surface area contributed by atoms with Crippen LogP contribution in [0.4, 0.5) is 0 Å². The fraction of sp³-hybridized carbons (Fsp3) is 0.562. The third-order valence-electron chi connectivity index (χ3n) is 4.23. The molecule has 114 valence electrons. The van der Waals surface area contributed by atoms with Gasteiger partial charge in [0.05, 0.1) is 5.02 Å². The quantitative estimate of drug-likeness (QED) is 0.856. The van der Waals surface area contributed by atoms with Crippen molar-refractivity contribution in [2.24, 2.45) is 5.92 Å². The van der Waals surface area contributed by atoms with Crippen molar-refractivity contribution in [3.63, 3.8) is 0 Å². The molecule has 1 aromatic rings. The number of rotatable bonds is 5. The predicted molar refractivity (Wildman–Crippen MR) is 88.8 cm³/mol. The molecule has 1 N–H and O–H groups in total. The molecular formula is C16H20BrClN2O. The number of nitrogens with zero attached hydrogens (tertiary/aromatic N) is 1. The molecule has 3 rings (SSSR count). The number of halogens is 2. The van der Waals surface area contributed by atoms with Gasteiger partial charge in [0.1, 0.15) is 0 Å². The van der Waals surface area contributed by atoms with Gasteiger partial charge in [-0.05, 0) is 72.3 Å². The van der Waals surface area contributed by atoms with Crippen LogP contribution in [0.1, 0.15) is 36.0 Å². The average molecular weight is 372 g/mol. The van der Waals surface area contributed by atoms with Crippen LogP contribution in [0.25, 0.3) is 0 Å². The van der Waals surface area contributed by atoms with E-state index in [0.717, 1.165) is 30.5 Å². The molecule has 3 nitrogen and oxygen atoms in total. The minimum Gasteiger partial charge on any atom is -0.337 e.